The third kappa shape index (κ3) is 8.56. The molecular weight excluding hydrogens is 536 g/mol. The maximum atomic E-state index is 13.5. The Hall–Kier alpha value is -3.88. The molecule has 0 aliphatic heterocycles. The van der Waals surface area contributed by atoms with Gasteiger partial charge in [0.05, 0.1) is 12.4 Å². The molecule has 1 aromatic carbocycles. The molecule has 14 heteroatoms. The van der Waals surface area contributed by atoms with Crippen LogP contribution in [0.1, 0.15) is 30.5 Å². The number of carbonyl (C=O) groups excluding carboxylic acids is 3. The number of carboxylic acid groups (broad SMARTS) is 1. The van der Waals surface area contributed by atoms with Gasteiger partial charge in [0.25, 0.3) is 0 Å². The van der Waals surface area contributed by atoms with Crippen molar-refractivity contribution in [3.8, 4) is 0 Å². The molecule has 2 aromatic heterocycles. The normalized spacial score (nSPS) is 14.2. The first-order valence-electron chi connectivity index (χ1n) is 13.0. The second-order valence-corrected chi connectivity index (χ2v) is 9.81. The summed E-state index contributed by atoms with van der Waals surface area (Å²) < 4.78 is 0. The number of fused-ring (bicyclic) bond motifs is 1. The lowest BCUT2D eigenvalue weighted by Crippen LogP contribution is -2.58. The van der Waals surface area contributed by atoms with Crippen LogP contribution in [0.3, 0.4) is 0 Å². The van der Waals surface area contributed by atoms with E-state index in [1.54, 1.807) is 6.20 Å². The predicted octanol–water partition coefficient (Wildman–Crippen LogP) is -0.399. The fourth-order valence-electron chi connectivity index (χ4n) is 4.21. The van der Waals surface area contributed by atoms with E-state index in [0.29, 0.717) is 25.1 Å². The molecular formula is C26H36N8O5S. The number of amides is 3. The number of rotatable bonds is 16. The van der Waals surface area contributed by atoms with Crippen molar-refractivity contribution in [1.29, 1.82) is 0 Å². The summed E-state index contributed by atoms with van der Waals surface area (Å²) in [6, 6.07) is 3.15. The molecule has 0 saturated carbocycles. The number of para-hydroxylation sites is 1. The fourth-order valence-corrected chi connectivity index (χ4v) is 4.38. The number of nitrogens with two attached hydrogens (primary N) is 2. The van der Waals surface area contributed by atoms with Crippen LogP contribution in [0.25, 0.3) is 10.9 Å². The molecule has 0 aliphatic rings. The lowest BCUT2D eigenvalue weighted by atomic mass is 10.0. The Morgan fingerprint density at radius 1 is 0.950 bits per heavy atom. The van der Waals surface area contributed by atoms with Crippen LogP contribution >= 0.6 is 12.6 Å². The number of benzene rings is 1. The van der Waals surface area contributed by atoms with Crippen LogP contribution in [0.4, 0.5) is 0 Å². The monoisotopic (exact) mass is 572 g/mol. The Balaban J connectivity index is 1.84. The fraction of sp³-hybridized carbons (Fsp3) is 0.423. The van der Waals surface area contributed by atoms with Crippen molar-refractivity contribution in [2.24, 2.45) is 11.5 Å². The molecule has 216 valence electrons. The van der Waals surface area contributed by atoms with Gasteiger partial charge >= 0.3 is 5.97 Å². The largest absolute Gasteiger partial charge is 0.480 e. The van der Waals surface area contributed by atoms with E-state index in [9.17, 15) is 24.3 Å². The van der Waals surface area contributed by atoms with E-state index in [-0.39, 0.29) is 25.0 Å². The topological polar surface area (TPSA) is 221 Å². The molecule has 40 heavy (non-hydrogen) atoms. The number of hydrogen-bond acceptors (Lipinski definition) is 8. The number of imidazole rings is 1. The number of H-pyrrole nitrogens is 2. The Morgan fingerprint density at radius 3 is 2.33 bits per heavy atom. The molecule has 4 atom stereocenters. The quantitative estimate of drug-likeness (QED) is 0.0810. The zero-order chi connectivity index (χ0) is 29.1. The molecule has 4 unspecified atom stereocenters. The third-order valence-corrected chi connectivity index (χ3v) is 6.83. The van der Waals surface area contributed by atoms with Crippen molar-refractivity contribution in [2.45, 2.75) is 56.3 Å². The van der Waals surface area contributed by atoms with Gasteiger partial charge in [0, 0.05) is 47.6 Å². The highest BCUT2D eigenvalue weighted by Gasteiger charge is 2.31. The summed E-state index contributed by atoms with van der Waals surface area (Å²) in [5.74, 6) is -3.00. The highest BCUT2D eigenvalue weighted by Crippen LogP contribution is 2.19. The van der Waals surface area contributed by atoms with Crippen molar-refractivity contribution in [3.05, 3.63) is 54.2 Å². The molecule has 0 aliphatic carbocycles. The summed E-state index contributed by atoms with van der Waals surface area (Å²) in [5, 5.41) is 18.5. The summed E-state index contributed by atoms with van der Waals surface area (Å²) >= 11 is 4.04. The number of carbonyl (C=O) groups is 4. The maximum Gasteiger partial charge on any atom is 0.326 e. The average molecular weight is 573 g/mol. The number of unbranched alkanes of at least 4 members (excludes halogenated alkanes) is 1. The van der Waals surface area contributed by atoms with Gasteiger partial charge in [-0.15, -0.1) is 0 Å². The SMILES string of the molecule is NCCCCC(NC(=O)C(N)CS)C(=O)NC(Cc1c[nH]c2ccccc12)C(=O)NC(Cc1cnc[nH]1)C(=O)O. The van der Waals surface area contributed by atoms with Gasteiger partial charge in [-0.1, -0.05) is 18.2 Å². The van der Waals surface area contributed by atoms with E-state index in [4.69, 9.17) is 11.5 Å². The van der Waals surface area contributed by atoms with Crippen molar-refractivity contribution >= 4 is 47.2 Å². The summed E-state index contributed by atoms with van der Waals surface area (Å²) in [5.41, 5.74) is 13.5. The van der Waals surface area contributed by atoms with Gasteiger partial charge in [-0.25, -0.2) is 9.78 Å². The number of nitrogens with zero attached hydrogens (tertiary/aromatic N) is 1. The van der Waals surface area contributed by atoms with Gasteiger partial charge in [-0.3, -0.25) is 14.4 Å². The second kappa shape index (κ2) is 15.1. The van der Waals surface area contributed by atoms with E-state index in [1.165, 1.54) is 12.5 Å². The highest BCUT2D eigenvalue weighted by molar-refractivity contribution is 7.80. The van der Waals surface area contributed by atoms with Crippen LogP contribution in [0.2, 0.25) is 0 Å². The van der Waals surface area contributed by atoms with Gasteiger partial charge in [-0.2, -0.15) is 12.6 Å². The first-order valence-corrected chi connectivity index (χ1v) is 13.6. The van der Waals surface area contributed by atoms with Crippen LogP contribution in [0.15, 0.2) is 43.0 Å². The van der Waals surface area contributed by atoms with Crippen LogP contribution in [-0.2, 0) is 32.0 Å². The Kier molecular flexibility index (Phi) is 11.5. The Morgan fingerprint density at radius 2 is 1.65 bits per heavy atom. The number of aromatic nitrogens is 3. The van der Waals surface area contributed by atoms with Crippen LogP contribution in [0, 0.1) is 0 Å². The summed E-state index contributed by atoms with van der Waals surface area (Å²) in [4.78, 5) is 61.2. The van der Waals surface area contributed by atoms with E-state index in [1.807, 2.05) is 24.3 Å². The standard InChI is InChI=1S/C26H36N8O5S/c27-8-4-3-7-20(32-23(35)18(28)13-40)24(36)33-21(9-15-11-30-19-6-2-1-5-17(15)19)25(37)34-22(26(38)39)10-16-12-29-14-31-16/h1-2,5-6,11-12,14,18,20-22,30,40H,3-4,7-10,13,27-28H2,(H,29,31)(H,32,35)(H,33,36)(H,34,37)(H,38,39). The minimum Gasteiger partial charge on any atom is -0.480 e. The molecule has 0 bridgehead atoms. The number of nitrogens with one attached hydrogen (secondary N) is 5. The summed E-state index contributed by atoms with van der Waals surface area (Å²) in [7, 11) is 0. The van der Waals surface area contributed by atoms with E-state index in [2.05, 4.69) is 43.5 Å². The number of carboxylic acids is 1. The molecule has 13 nitrogen and oxygen atoms in total. The first kappa shape index (κ1) is 30.7. The third-order valence-electron chi connectivity index (χ3n) is 6.44. The second-order valence-electron chi connectivity index (χ2n) is 9.44. The number of thiol groups is 1. The molecule has 10 N–H and O–H groups in total. The van der Waals surface area contributed by atoms with Gasteiger partial charge in [0.2, 0.25) is 17.7 Å². The molecule has 0 spiro atoms. The van der Waals surface area contributed by atoms with Gasteiger partial charge in [-0.05, 0) is 37.4 Å². The average Bonchev–Trinajstić information content (AvgIpc) is 3.61. The smallest absolute Gasteiger partial charge is 0.326 e. The molecule has 2 heterocycles. The van der Waals surface area contributed by atoms with Crippen molar-refractivity contribution in [2.75, 3.05) is 12.3 Å². The molecule has 3 aromatic rings. The summed E-state index contributed by atoms with van der Waals surface area (Å²) in [6.45, 7) is 0.414. The lowest BCUT2D eigenvalue weighted by Gasteiger charge is -2.25. The van der Waals surface area contributed by atoms with Crippen LogP contribution in [0.5, 0.6) is 0 Å². The first-order chi connectivity index (χ1) is 19.2. The van der Waals surface area contributed by atoms with E-state index >= 15 is 0 Å². The Labute approximate surface area is 236 Å². The van der Waals surface area contributed by atoms with Crippen molar-refractivity contribution < 1.29 is 24.3 Å². The minimum absolute atomic E-state index is 0.0335. The summed E-state index contributed by atoms with van der Waals surface area (Å²) in [6.07, 6.45) is 6.11. The molecule has 0 fully saturated rings. The van der Waals surface area contributed by atoms with Gasteiger partial charge < -0.3 is 42.5 Å². The predicted molar refractivity (Wildman–Crippen MR) is 152 cm³/mol. The molecule has 3 amide bonds. The zero-order valence-electron chi connectivity index (χ0n) is 21.9. The lowest BCUT2D eigenvalue weighted by molar-refractivity contribution is -0.142. The molecule has 0 saturated heterocycles. The maximum absolute atomic E-state index is 13.5. The zero-order valence-corrected chi connectivity index (χ0v) is 22.8. The minimum atomic E-state index is -1.27. The number of aromatic amines is 2. The van der Waals surface area contributed by atoms with E-state index in [0.717, 1.165) is 16.5 Å². The van der Waals surface area contributed by atoms with Crippen molar-refractivity contribution in [3.63, 3.8) is 0 Å². The van der Waals surface area contributed by atoms with Gasteiger partial charge in [0.1, 0.15) is 18.1 Å². The Bertz CT molecular complexity index is 1280. The molecule has 0 radical (unpaired) electrons. The van der Waals surface area contributed by atoms with E-state index < -0.39 is 47.9 Å². The van der Waals surface area contributed by atoms with Gasteiger partial charge in [0.15, 0.2) is 0 Å². The number of aliphatic carboxylic acids is 1. The van der Waals surface area contributed by atoms with Crippen LogP contribution < -0.4 is 27.4 Å². The van der Waals surface area contributed by atoms with Crippen molar-refractivity contribution in [1.82, 2.24) is 30.9 Å². The number of hydrogen-bond donors (Lipinski definition) is 9. The molecule has 3 rings (SSSR count). The highest BCUT2D eigenvalue weighted by atomic mass is 32.1. The van der Waals surface area contributed by atoms with Crippen LogP contribution in [-0.4, -0.2) is 80.2 Å².